The molecule has 0 rings (SSSR count). The molecule has 0 aliphatic rings. The van der Waals surface area contributed by atoms with Crippen LogP contribution in [0.25, 0.3) is 0 Å². The van der Waals surface area contributed by atoms with E-state index >= 15 is 0 Å². The molecule has 0 aliphatic heterocycles. The second-order valence-corrected chi connectivity index (χ2v) is 6.13. The van der Waals surface area contributed by atoms with E-state index in [2.05, 4.69) is 45.7 Å². The molecule has 0 amide bonds. The van der Waals surface area contributed by atoms with Gasteiger partial charge in [-0.05, 0) is 37.3 Å². The Bertz CT molecular complexity index is 354. The minimum Gasteiger partial charge on any atom is -0.376 e. The molecule has 0 spiro atoms. The molecule has 0 aromatic rings. The Morgan fingerprint density at radius 3 is 2.00 bits per heavy atom. The Morgan fingerprint density at radius 2 is 1.59 bits per heavy atom. The van der Waals surface area contributed by atoms with Gasteiger partial charge in [0.15, 0.2) is 0 Å². The van der Waals surface area contributed by atoms with Crippen LogP contribution in [0.4, 0.5) is 0 Å². The largest absolute Gasteiger partial charge is 0.376 e. The molecule has 0 aliphatic carbocycles. The van der Waals surface area contributed by atoms with Gasteiger partial charge in [-0.25, -0.2) is 0 Å². The maximum absolute atomic E-state index is 5.33. The van der Waals surface area contributed by atoms with E-state index in [1.165, 1.54) is 5.57 Å². The summed E-state index contributed by atoms with van der Waals surface area (Å²) in [5.41, 5.74) is 3.60. The van der Waals surface area contributed by atoms with Crippen LogP contribution in [0.3, 0.4) is 0 Å². The first-order valence-corrected chi connectivity index (χ1v) is 6.33. The highest BCUT2D eigenvalue weighted by molar-refractivity contribution is 7.80. The standard InChI is InChI=1S/C15H25NS/c1-11(2)12(3)8-9-13(4)14(17)16-10-15(5,6)7/h8-9H,1,10H2,2-7H3,(H,16,17)/b12-8-,13-9+. The quantitative estimate of drug-likeness (QED) is 0.451. The molecular formula is C15H25NS. The zero-order valence-corrected chi connectivity index (χ0v) is 12.8. The molecule has 0 radical (unpaired) electrons. The van der Waals surface area contributed by atoms with E-state index in [0.717, 1.165) is 22.7 Å². The van der Waals surface area contributed by atoms with Gasteiger partial charge in [-0.3, -0.25) is 0 Å². The predicted molar refractivity (Wildman–Crippen MR) is 82.4 cm³/mol. The van der Waals surface area contributed by atoms with Crippen molar-refractivity contribution in [2.75, 3.05) is 6.54 Å². The summed E-state index contributed by atoms with van der Waals surface area (Å²) in [7, 11) is 0. The van der Waals surface area contributed by atoms with Crippen molar-refractivity contribution < 1.29 is 0 Å². The number of thiocarbonyl (C=S) groups is 1. The van der Waals surface area contributed by atoms with Gasteiger partial charge in [0.1, 0.15) is 4.99 Å². The maximum atomic E-state index is 5.33. The topological polar surface area (TPSA) is 12.0 Å². The smallest absolute Gasteiger partial charge is 0.102 e. The summed E-state index contributed by atoms with van der Waals surface area (Å²) in [5.74, 6) is 0. The van der Waals surface area contributed by atoms with Crippen LogP contribution >= 0.6 is 12.2 Å². The van der Waals surface area contributed by atoms with E-state index in [1.807, 2.05) is 19.9 Å². The van der Waals surface area contributed by atoms with Gasteiger partial charge < -0.3 is 5.32 Å². The van der Waals surface area contributed by atoms with Crippen molar-refractivity contribution in [1.29, 1.82) is 0 Å². The van der Waals surface area contributed by atoms with Crippen molar-refractivity contribution in [3.05, 3.63) is 35.5 Å². The first kappa shape index (κ1) is 16.1. The van der Waals surface area contributed by atoms with Crippen molar-refractivity contribution in [2.24, 2.45) is 5.41 Å². The Hall–Kier alpha value is -0.890. The van der Waals surface area contributed by atoms with Crippen LogP contribution in [-0.4, -0.2) is 11.5 Å². The predicted octanol–water partition coefficient (Wildman–Crippen LogP) is 4.42. The van der Waals surface area contributed by atoms with Crippen LogP contribution in [0.15, 0.2) is 35.5 Å². The fourth-order valence-corrected chi connectivity index (χ4v) is 1.09. The molecule has 96 valence electrons. The number of hydrogen-bond acceptors (Lipinski definition) is 1. The summed E-state index contributed by atoms with van der Waals surface area (Å²) >= 11 is 5.33. The van der Waals surface area contributed by atoms with Crippen LogP contribution in [0.5, 0.6) is 0 Å². The minimum atomic E-state index is 0.244. The molecule has 0 saturated heterocycles. The molecule has 0 fully saturated rings. The van der Waals surface area contributed by atoms with Crippen molar-refractivity contribution in [2.45, 2.75) is 41.5 Å². The first-order chi connectivity index (χ1) is 7.63. The van der Waals surface area contributed by atoms with E-state index in [4.69, 9.17) is 12.2 Å². The summed E-state index contributed by atoms with van der Waals surface area (Å²) in [6.07, 6.45) is 4.10. The zero-order valence-electron chi connectivity index (χ0n) is 12.0. The Balaban J connectivity index is 4.46. The molecule has 17 heavy (non-hydrogen) atoms. The minimum absolute atomic E-state index is 0.244. The second kappa shape index (κ2) is 6.75. The third kappa shape index (κ3) is 7.92. The first-order valence-electron chi connectivity index (χ1n) is 5.93. The lowest BCUT2D eigenvalue weighted by Crippen LogP contribution is -2.31. The summed E-state index contributed by atoms with van der Waals surface area (Å²) in [6, 6.07) is 0. The van der Waals surface area contributed by atoms with Gasteiger partial charge in [-0.15, -0.1) is 0 Å². The SMILES string of the molecule is C=C(C)/C(C)=C\C=C(/C)C(=S)NCC(C)(C)C. The average molecular weight is 251 g/mol. The molecule has 0 unspecified atom stereocenters. The lowest BCUT2D eigenvalue weighted by molar-refractivity contribution is 0.410. The Morgan fingerprint density at radius 1 is 1.12 bits per heavy atom. The second-order valence-electron chi connectivity index (χ2n) is 5.72. The molecule has 1 nitrogen and oxygen atoms in total. The molecule has 0 atom stereocenters. The summed E-state index contributed by atoms with van der Waals surface area (Å²) in [4.78, 5) is 0.825. The average Bonchev–Trinajstić information content (AvgIpc) is 2.20. The maximum Gasteiger partial charge on any atom is 0.102 e. The van der Waals surface area contributed by atoms with Gasteiger partial charge in [0.05, 0.1) is 0 Å². The monoisotopic (exact) mass is 251 g/mol. The lowest BCUT2D eigenvalue weighted by atomic mass is 9.97. The summed E-state index contributed by atoms with van der Waals surface area (Å²) in [5, 5.41) is 3.29. The third-order valence-electron chi connectivity index (χ3n) is 2.39. The fourth-order valence-electron chi connectivity index (χ4n) is 0.953. The van der Waals surface area contributed by atoms with Gasteiger partial charge >= 0.3 is 0 Å². The normalized spacial score (nSPS) is 13.5. The molecule has 0 bridgehead atoms. The lowest BCUT2D eigenvalue weighted by Gasteiger charge is -2.20. The molecule has 0 saturated carbocycles. The van der Waals surface area contributed by atoms with Crippen molar-refractivity contribution in [1.82, 2.24) is 5.32 Å². The van der Waals surface area contributed by atoms with Crippen LogP contribution in [-0.2, 0) is 0 Å². The number of rotatable bonds is 4. The third-order valence-corrected chi connectivity index (χ3v) is 2.86. The van der Waals surface area contributed by atoms with Crippen LogP contribution < -0.4 is 5.32 Å². The van der Waals surface area contributed by atoms with Crippen molar-refractivity contribution in [3.8, 4) is 0 Å². The highest BCUT2D eigenvalue weighted by Crippen LogP contribution is 2.11. The zero-order chi connectivity index (χ0) is 13.6. The molecule has 0 heterocycles. The molecule has 1 N–H and O–H groups in total. The van der Waals surface area contributed by atoms with Gasteiger partial charge in [0, 0.05) is 6.54 Å². The summed E-state index contributed by atoms with van der Waals surface area (Å²) in [6.45, 7) is 17.4. The van der Waals surface area contributed by atoms with E-state index in [0.29, 0.717) is 0 Å². The van der Waals surface area contributed by atoms with Gasteiger partial charge in [-0.2, -0.15) is 0 Å². The Kier molecular flexibility index (Phi) is 6.40. The van der Waals surface area contributed by atoms with E-state index in [9.17, 15) is 0 Å². The molecular weight excluding hydrogens is 226 g/mol. The highest BCUT2D eigenvalue weighted by atomic mass is 32.1. The van der Waals surface area contributed by atoms with Crippen LogP contribution in [0.2, 0.25) is 0 Å². The van der Waals surface area contributed by atoms with Gasteiger partial charge in [0.25, 0.3) is 0 Å². The van der Waals surface area contributed by atoms with E-state index < -0.39 is 0 Å². The molecule has 0 aromatic heterocycles. The van der Waals surface area contributed by atoms with Gasteiger partial charge in [0.2, 0.25) is 0 Å². The Labute approximate surface area is 112 Å². The summed E-state index contributed by atoms with van der Waals surface area (Å²) < 4.78 is 0. The number of nitrogens with one attached hydrogen (secondary N) is 1. The van der Waals surface area contributed by atoms with Crippen molar-refractivity contribution in [3.63, 3.8) is 0 Å². The fraction of sp³-hybridized carbons (Fsp3) is 0.533. The van der Waals surface area contributed by atoms with Crippen molar-refractivity contribution >= 4 is 17.2 Å². The van der Waals surface area contributed by atoms with Crippen LogP contribution in [0.1, 0.15) is 41.5 Å². The van der Waals surface area contributed by atoms with Gasteiger partial charge in [-0.1, -0.05) is 57.3 Å². The van der Waals surface area contributed by atoms with E-state index in [1.54, 1.807) is 0 Å². The molecule has 2 heteroatoms. The number of hydrogen-bond donors (Lipinski definition) is 1. The highest BCUT2D eigenvalue weighted by Gasteiger charge is 2.10. The number of allylic oxidation sites excluding steroid dienone is 4. The van der Waals surface area contributed by atoms with Crippen LogP contribution in [0, 0.1) is 5.41 Å². The van der Waals surface area contributed by atoms with E-state index in [-0.39, 0.29) is 5.41 Å². The molecule has 0 aromatic carbocycles.